The predicted octanol–water partition coefficient (Wildman–Crippen LogP) is 3.70. The van der Waals surface area contributed by atoms with Crippen molar-refractivity contribution in [2.75, 3.05) is 18.4 Å². The van der Waals surface area contributed by atoms with E-state index in [2.05, 4.69) is 10.3 Å². The van der Waals surface area contributed by atoms with Gasteiger partial charge in [0.15, 0.2) is 5.75 Å². The first-order chi connectivity index (χ1) is 12.0. The van der Waals surface area contributed by atoms with Gasteiger partial charge in [0, 0.05) is 5.56 Å². The number of nitrogens with one attached hydrogen (secondary N) is 1. The Morgan fingerprint density at radius 1 is 1.20 bits per heavy atom. The monoisotopic (exact) mass is 379 g/mol. The molecule has 0 saturated heterocycles. The highest BCUT2D eigenvalue weighted by molar-refractivity contribution is 6.39. The van der Waals surface area contributed by atoms with Crippen LogP contribution in [0.3, 0.4) is 0 Å². The van der Waals surface area contributed by atoms with E-state index < -0.39 is 5.97 Å². The van der Waals surface area contributed by atoms with Gasteiger partial charge in [-0.1, -0.05) is 47.5 Å². The first kappa shape index (κ1) is 17.4. The number of guanidine groups is 1. The maximum atomic E-state index is 11.0. The van der Waals surface area contributed by atoms with Gasteiger partial charge in [-0.2, -0.15) is 5.06 Å². The molecule has 0 bridgehead atoms. The van der Waals surface area contributed by atoms with Gasteiger partial charge < -0.3 is 15.3 Å². The number of anilines is 1. The fraction of sp³-hybridized carbons (Fsp3) is 0.176. The maximum absolute atomic E-state index is 11.0. The van der Waals surface area contributed by atoms with Gasteiger partial charge in [0.1, 0.15) is 0 Å². The lowest BCUT2D eigenvalue weighted by molar-refractivity contribution is -0.136. The zero-order chi connectivity index (χ0) is 17.8. The van der Waals surface area contributed by atoms with Gasteiger partial charge in [0.05, 0.1) is 35.2 Å². The van der Waals surface area contributed by atoms with E-state index >= 15 is 0 Å². The largest absolute Gasteiger partial charge is 0.481 e. The molecule has 0 fully saturated rings. The minimum atomic E-state index is -0.924. The van der Waals surface area contributed by atoms with Gasteiger partial charge >= 0.3 is 5.97 Å². The van der Waals surface area contributed by atoms with Gasteiger partial charge in [-0.05, 0) is 18.2 Å². The van der Waals surface area contributed by atoms with Crippen LogP contribution in [0.5, 0.6) is 5.75 Å². The number of hydrogen-bond acceptors (Lipinski definition) is 5. The summed E-state index contributed by atoms with van der Waals surface area (Å²) in [5.74, 6) is -0.000907. The molecular formula is C17H15Cl2N3O3. The number of para-hydroxylation sites is 2. The van der Waals surface area contributed by atoms with Crippen molar-refractivity contribution in [1.29, 1.82) is 0 Å². The summed E-state index contributed by atoms with van der Waals surface area (Å²) in [6.45, 7) is 1.05. The van der Waals surface area contributed by atoms with Gasteiger partial charge in [-0.25, -0.2) is 4.99 Å². The number of aliphatic imine (C=N–C) groups is 1. The van der Waals surface area contributed by atoms with Crippen LogP contribution in [0.15, 0.2) is 47.5 Å². The molecule has 0 unspecified atom stereocenters. The molecule has 8 heteroatoms. The van der Waals surface area contributed by atoms with Crippen LogP contribution >= 0.6 is 23.2 Å². The van der Waals surface area contributed by atoms with Crippen molar-refractivity contribution in [3.8, 4) is 5.75 Å². The molecule has 6 nitrogen and oxygen atoms in total. The van der Waals surface area contributed by atoms with Crippen molar-refractivity contribution < 1.29 is 14.7 Å². The second kappa shape index (κ2) is 7.63. The number of hydroxylamine groups is 2. The van der Waals surface area contributed by atoms with Crippen molar-refractivity contribution in [3.63, 3.8) is 0 Å². The minimum absolute atomic E-state index is 0.125. The second-order valence-electron chi connectivity index (χ2n) is 5.30. The first-order valence-electron chi connectivity index (χ1n) is 7.55. The Morgan fingerprint density at radius 3 is 2.64 bits per heavy atom. The van der Waals surface area contributed by atoms with Gasteiger partial charge in [0.25, 0.3) is 0 Å². The van der Waals surface area contributed by atoms with Crippen molar-refractivity contribution in [2.45, 2.75) is 6.42 Å². The molecule has 0 aromatic heterocycles. The van der Waals surface area contributed by atoms with Crippen LogP contribution in [0.1, 0.15) is 5.56 Å². The highest BCUT2D eigenvalue weighted by Crippen LogP contribution is 2.30. The Kier molecular flexibility index (Phi) is 5.31. The summed E-state index contributed by atoms with van der Waals surface area (Å²) < 4.78 is 0. The molecule has 2 aromatic carbocycles. The zero-order valence-electron chi connectivity index (χ0n) is 13.1. The normalized spacial score (nSPS) is 13.5. The number of benzene rings is 2. The minimum Gasteiger partial charge on any atom is -0.481 e. The molecule has 0 atom stereocenters. The summed E-state index contributed by atoms with van der Waals surface area (Å²) in [6, 6.07) is 12.2. The second-order valence-corrected chi connectivity index (χ2v) is 6.11. The van der Waals surface area contributed by atoms with E-state index in [-0.39, 0.29) is 6.42 Å². The Labute approximate surface area is 154 Å². The third kappa shape index (κ3) is 4.15. The molecule has 0 radical (unpaired) electrons. The molecular weight excluding hydrogens is 365 g/mol. The van der Waals surface area contributed by atoms with Crippen molar-refractivity contribution >= 4 is 40.8 Å². The third-order valence-electron chi connectivity index (χ3n) is 3.52. The fourth-order valence-corrected chi connectivity index (χ4v) is 2.86. The van der Waals surface area contributed by atoms with Crippen LogP contribution in [0.25, 0.3) is 0 Å². The zero-order valence-corrected chi connectivity index (χ0v) is 14.6. The number of nitrogens with zero attached hydrogens (tertiary/aromatic N) is 2. The Bertz CT molecular complexity index is 806. The van der Waals surface area contributed by atoms with E-state index in [1.165, 1.54) is 0 Å². The topological polar surface area (TPSA) is 74.2 Å². The fourth-order valence-electron chi connectivity index (χ4n) is 2.37. The quantitative estimate of drug-likeness (QED) is 0.828. The van der Waals surface area contributed by atoms with Crippen molar-refractivity contribution in [1.82, 2.24) is 5.06 Å². The Balaban J connectivity index is 1.78. The summed E-state index contributed by atoms with van der Waals surface area (Å²) in [6.07, 6.45) is -0.125. The summed E-state index contributed by atoms with van der Waals surface area (Å²) >= 11 is 12.3. The van der Waals surface area contributed by atoms with E-state index in [4.69, 9.17) is 33.1 Å². The number of aliphatic carboxylic acids is 1. The van der Waals surface area contributed by atoms with Crippen LogP contribution in [-0.2, 0) is 11.2 Å². The summed E-state index contributed by atoms with van der Waals surface area (Å²) in [7, 11) is 0. The van der Waals surface area contributed by atoms with E-state index in [1.54, 1.807) is 47.5 Å². The van der Waals surface area contributed by atoms with Crippen molar-refractivity contribution in [2.24, 2.45) is 4.99 Å². The number of carboxylic acid groups (broad SMARTS) is 1. The SMILES string of the molecule is O=C(O)Cc1ccccc1ON1CCN=C1Nc1c(Cl)cccc1Cl. The number of hydrogen-bond donors (Lipinski definition) is 2. The average Bonchev–Trinajstić information content (AvgIpc) is 2.99. The summed E-state index contributed by atoms with van der Waals surface area (Å²) in [5.41, 5.74) is 1.12. The molecule has 2 aromatic rings. The maximum Gasteiger partial charge on any atom is 0.307 e. The number of rotatable bonds is 5. The Morgan fingerprint density at radius 2 is 1.92 bits per heavy atom. The van der Waals surface area contributed by atoms with Gasteiger partial charge in [0.2, 0.25) is 5.96 Å². The van der Waals surface area contributed by atoms with Crippen LogP contribution in [-0.4, -0.2) is 35.2 Å². The lowest BCUT2D eigenvalue weighted by atomic mass is 10.1. The van der Waals surface area contributed by atoms with Crippen LogP contribution in [0, 0.1) is 0 Å². The van der Waals surface area contributed by atoms with Crippen LogP contribution in [0.4, 0.5) is 5.69 Å². The van der Waals surface area contributed by atoms with Crippen LogP contribution in [0.2, 0.25) is 10.0 Å². The third-order valence-corrected chi connectivity index (χ3v) is 4.15. The predicted molar refractivity (Wildman–Crippen MR) is 97.5 cm³/mol. The molecule has 0 saturated carbocycles. The van der Waals surface area contributed by atoms with E-state index in [0.717, 1.165) is 0 Å². The molecule has 1 aliphatic rings. The lowest BCUT2D eigenvalue weighted by Gasteiger charge is -2.23. The Hall–Kier alpha value is -2.44. The molecule has 3 rings (SSSR count). The average molecular weight is 380 g/mol. The van der Waals surface area contributed by atoms with E-state index in [0.29, 0.717) is 46.1 Å². The molecule has 0 aliphatic carbocycles. The number of halogens is 2. The van der Waals surface area contributed by atoms with Gasteiger partial charge in [-0.15, -0.1) is 0 Å². The summed E-state index contributed by atoms with van der Waals surface area (Å²) in [4.78, 5) is 21.2. The lowest BCUT2D eigenvalue weighted by Crippen LogP contribution is -2.36. The number of carboxylic acids is 1. The molecule has 25 heavy (non-hydrogen) atoms. The number of carbonyl (C=O) groups is 1. The standard InChI is InChI=1S/C17H15Cl2N3O3/c18-12-5-3-6-13(19)16(12)21-17-20-8-9-22(17)25-14-7-2-1-4-11(14)10-15(23)24/h1-7H,8-10H2,(H,20,21)(H,23,24). The highest BCUT2D eigenvalue weighted by Gasteiger charge is 2.22. The smallest absolute Gasteiger partial charge is 0.307 e. The molecule has 1 heterocycles. The van der Waals surface area contributed by atoms with Gasteiger partial charge in [-0.3, -0.25) is 4.79 Å². The van der Waals surface area contributed by atoms with Crippen molar-refractivity contribution in [3.05, 3.63) is 58.1 Å². The van der Waals surface area contributed by atoms with Crippen LogP contribution < -0.4 is 10.2 Å². The first-order valence-corrected chi connectivity index (χ1v) is 8.31. The molecule has 1 aliphatic heterocycles. The van der Waals surface area contributed by atoms with E-state index in [9.17, 15) is 4.79 Å². The highest BCUT2D eigenvalue weighted by atomic mass is 35.5. The molecule has 130 valence electrons. The van der Waals surface area contributed by atoms with E-state index in [1.807, 2.05) is 0 Å². The summed E-state index contributed by atoms with van der Waals surface area (Å²) in [5, 5.41) is 14.6. The molecule has 2 N–H and O–H groups in total. The molecule has 0 amide bonds. The molecule has 0 spiro atoms.